The Labute approximate surface area is 148 Å². The number of anilines is 1. The van der Waals surface area contributed by atoms with Crippen LogP contribution in [0.4, 0.5) is 5.69 Å². The molecule has 0 radical (unpaired) electrons. The Morgan fingerprint density at radius 3 is 2.39 bits per heavy atom. The van der Waals surface area contributed by atoms with Gasteiger partial charge < -0.3 is 9.80 Å². The van der Waals surface area contributed by atoms with E-state index < -0.39 is 0 Å². The van der Waals surface area contributed by atoms with Crippen molar-refractivity contribution in [2.24, 2.45) is 0 Å². The van der Waals surface area contributed by atoms with Gasteiger partial charge in [-0.1, -0.05) is 42.5 Å². The van der Waals surface area contributed by atoms with Crippen LogP contribution in [-0.4, -0.2) is 23.4 Å². The fourth-order valence-corrected chi connectivity index (χ4v) is 3.74. The van der Waals surface area contributed by atoms with E-state index in [0.29, 0.717) is 12.0 Å². The molecule has 1 atom stereocenters. The number of para-hydroxylation sites is 1. The molecule has 1 saturated heterocycles. The Kier molecular flexibility index (Phi) is 4.19. The zero-order valence-electron chi connectivity index (χ0n) is 13.5. The van der Waals surface area contributed by atoms with Crippen molar-refractivity contribution in [3.8, 4) is 0 Å². The zero-order valence-corrected chi connectivity index (χ0v) is 15.2. The topological polar surface area (TPSA) is 30.3 Å². The first-order valence-electron chi connectivity index (χ1n) is 7.97. The minimum Gasteiger partial charge on any atom is -0.338 e. The lowest BCUT2D eigenvalue weighted by Crippen LogP contribution is -2.37. The molecule has 1 unspecified atom stereocenters. The van der Waals surface area contributed by atoms with Crippen LogP contribution in [0.25, 0.3) is 0 Å². The van der Waals surface area contributed by atoms with Crippen LogP contribution >= 0.6 is 17.0 Å². The number of rotatable bonds is 1. The molecule has 1 fully saturated rings. The minimum absolute atomic E-state index is 0. The van der Waals surface area contributed by atoms with Gasteiger partial charge in [-0.3, -0.25) is 5.41 Å². The Morgan fingerprint density at radius 1 is 1.00 bits per heavy atom. The van der Waals surface area contributed by atoms with Gasteiger partial charge in [0.2, 0.25) is 0 Å². The van der Waals surface area contributed by atoms with Gasteiger partial charge in [0, 0.05) is 18.3 Å². The van der Waals surface area contributed by atoms with Crippen LogP contribution in [-0.2, 0) is 6.42 Å². The average molecular weight is 372 g/mol. The van der Waals surface area contributed by atoms with E-state index in [9.17, 15) is 0 Å². The molecule has 23 heavy (non-hydrogen) atoms. The number of nitrogens with one attached hydrogen (secondary N) is 1. The van der Waals surface area contributed by atoms with Crippen molar-refractivity contribution in [2.75, 3.05) is 11.4 Å². The largest absolute Gasteiger partial charge is 0.338 e. The van der Waals surface area contributed by atoms with Gasteiger partial charge in [-0.25, -0.2) is 0 Å². The molecule has 120 valence electrons. The van der Waals surface area contributed by atoms with Crippen molar-refractivity contribution in [2.45, 2.75) is 32.4 Å². The number of guanidine groups is 1. The Hall–Kier alpha value is -1.81. The van der Waals surface area contributed by atoms with Crippen LogP contribution in [0, 0.1) is 5.41 Å². The molecule has 4 rings (SSSR count). The van der Waals surface area contributed by atoms with E-state index in [1.807, 2.05) is 0 Å². The van der Waals surface area contributed by atoms with Crippen molar-refractivity contribution in [3.05, 3.63) is 65.2 Å². The molecule has 3 nitrogen and oxygen atoms in total. The molecular formula is C19H22BrN3. The van der Waals surface area contributed by atoms with Gasteiger partial charge in [0.15, 0.2) is 5.96 Å². The van der Waals surface area contributed by atoms with Crippen LogP contribution in [0.3, 0.4) is 0 Å². The molecule has 0 spiro atoms. The maximum Gasteiger partial charge on any atom is 0.199 e. The second-order valence-corrected chi connectivity index (χ2v) is 6.46. The fourth-order valence-electron chi connectivity index (χ4n) is 3.74. The number of benzene rings is 2. The molecule has 0 aliphatic carbocycles. The van der Waals surface area contributed by atoms with Crippen molar-refractivity contribution in [3.63, 3.8) is 0 Å². The SMILES string of the molecule is Br.CC(C)N1CC2c3ccccc3Cc3ccccc3N2C1=N. The average Bonchev–Trinajstić information content (AvgIpc) is 2.79. The predicted octanol–water partition coefficient (Wildman–Crippen LogP) is 4.38. The maximum atomic E-state index is 8.68. The molecule has 0 saturated carbocycles. The van der Waals surface area contributed by atoms with Crippen molar-refractivity contribution in [1.82, 2.24) is 4.90 Å². The highest BCUT2D eigenvalue weighted by Gasteiger charge is 2.40. The van der Waals surface area contributed by atoms with E-state index >= 15 is 0 Å². The monoisotopic (exact) mass is 371 g/mol. The van der Waals surface area contributed by atoms with Crippen LogP contribution in [0.1, 0.15) is 36.6 Å². The standard InChI is InChI=1S/C19H21N3.BrH/c1-13(2)21-12-18-16-9-5-3-7-14(16)11-15-8-4-6-10-17(15)22(18)19(21)20;/h3-10,13,18,20H,11-12H2,1-2H3;1H. The summed E-state index contributed by atoms with van der Waals surface area (Å²) in [5, 5.41) is 8.68. The summed E-state index contributed by atoms with van der Waals surface area (Å²) in [6.07, 6.45) is 0.953. The lowest BCUT2D eigenvalue weighted by Gasteiger charge is -2.26. The van der Waals surface area contributed by atoms with E-state index in [-0.39, 0.29) is 23.0 Å². The molecule has 0 amide bonds. The number of hydrogen-bond acceptors (Lipinski definition) is 1. The van der Waals surface area contributed by atoms with Gasteiger partial charge in [0.1, 0.15) is 0 Å². The molecule has 1 N–H and O–H groups in total. The van der Waals surface area contributed by atoms with Gasteiger partial charge in [0.05, 0.1) is 6.04 Å². The molecule has 4 heteroatoms. The van der Waals surface area contributed by atoms with E-state index in [4.69, 9.17) is 5.41 Å². The Balaban J connectivity index is 0.00000156. The zero-order chi connectivity index (χ0) is 15.3. The van der Waals surface area contributed by atoms with E-state index in [1.54, 1.807) is 0 Å². The normalized spacial score (nSPS) is 18.9. The van der Waals surface area contributed by atoms with Gasteiger partial charge in [-0.05, 0) is 43.0 Å². The summed E-state index contributed by atoms with van der Waals surface area (Å²) in [6, 6.07) is 17.8. The van der Waals surface area contributed by atoms with E-state index in [2.05, 4.69) is 72.2 Å². The lowest BCUT2D eigenvalue weighted by atomic mass is 9.97. The quantitative estimate of drug-likeness (QED) is 0.806. The van der Waals surface area contributed by atoms with Crippen LogP contribution in [0.2, 0.25) is 0 Å². The summed E-state index contributed by atoms with van der Waals surface area (Å²) in [7, 11) is 0. The van der Waals surface area contributed by atoms with E-state index in [0.717, 1.165) is 13.0 Å². The number of hydrogen-bond donors (Lipinski definition) is 1. The van der Waals surface area contributed by atoms with Crippen molar-refractivity contribution < 1.29 is 0 Å². The molecular weight excluding hydrogens is 350 g/mol. The summed E-state index contributed by atoms with van der Waals surface area (Å²) >= 11 is 0. The minimum atomic E-state index is 0. The Morgan fingerprint density at radius 2 is 1.65 bits per heavy atom. The number of fused-ring (bicyclic) bond motifs is 5. The summed E-state index contributed by atoms with van der Waals surface area (Å²) in [5.74, 6) is 0.629. The third-order valence-corrected chi connectivity index (χ3v) is 4.85. The number of halogens is 1. The van der Waals surface area contributed by atoms with Gasteiger partial charge >= 0.3 is 0 Å². The first-order valence-corrected chi connectivity index (χ1v) is 7.97. The molecule has 2 aliphatic heterocycles. The van der Waals surface area contributed by atoms with Gasteiger partial charge in [-0.15, -0.1) is 17.0 Å². The second-order valence-electron chi connectivity index (χ2n) is 6.46. The highest BCUT2D eigenvalue weighted by Crippen LogP contribution is 2.41. The molecule has 2 aliphatic rings. The molecule has 2 aromatic carbocycles. The van der Waals surface area contributed by atoms with E-state index in [1.165, 1.54) is 22.4 Å². The lowest BCUT2D eigenvalue weighted by molar-refractivity contribution is 0.364. The maximum absolute atomic E-state index is 8.68. The third-order valence-electron chi connectivity index (χ3n) is 4.85. The first kappa shape index (κ1) is 16.1. The first-order chi connectivity index (χ1) is 10.7. The molecule has 2 aromatic rings. The molecule has 2 heterocycles. The van der Waals surface area contributed by atoms with Crippen LogP contribution in [0.5, 0.6) is 0 Å². The third kappa shape index (κ3) is 2.45. The summed E-state index contributed by atoms with van der Waals surface area (Å²) in [5.41, 5.74) is 5.26. The summed E-state index contributed by atoms with van der Waals surface area (Å²) in [4.78, 5) is 4.42. The van der Waals surface area contributed by atoms with Gasteiger partial charge in [0.25, 0.3) is 0 Å². The fraction of sp³-hybridized carbons (Fsp3) is 0.316. The highest BCUT2D eigenvalue weighted by atomic mass is 79.9. The van der Waals surface area contributed by atoms with Crippen LogP contribution in [0.15, 0.2) is 48.5 Å². The summed E-state index contributed by atoms with van der Waals surface area (Å²) in [6.45, 7) is 5.22. The smallest absolute Gasteiger partial charge is 0.199 e. The number of nitrogens with zero attached hydrogens (tertiary/aromatic N) is 2. The van der Waals surface area contributed by atoms with Gasteiger partial charge in [-0.2, -0.15) is 0 Å². The van der Waals surface area contributed by atoms with Crippen molar-refractivity contribution in [1.29, 1.82) is 5.41 Å². The molecule has 0 aromatic heterocycles. The molecule has 0 bridgehead atoms. The second kappa shape index (κ2) is 6.00. The predicted molar refractivity (Wildman–Crippen MR) is 101 cm³/mol. The Bertz CT molecular complexity index is 741. The van der Waals surface area contributed by atoms with Crippen LogP contribution < -0.4 is 4.90 Å². The highest BCUT2D eigenvalue weighted by molar-refractivity contribution is 8.93. The van der Waals surface area contributed by atoms with Crippen molar-refractivity contribution >= 4 is 28.6 Å². The summed E-state index contributed by atoms with van der Waals surface area (Å²) < 4.78 is 0.